The molecule has 4 aromatic carbocycles. The van der Waals surface area contributed by atoms with Gasteiger partial charge in [-0.3, -0.25) is 0 Å². The highest BCUT2D eigenvalue weighted by atomic mass is 31.1. The summed E-state index contributed by atoms with van der Waals surface area (Å²) in [4.78, 5) is 27.1. The lowest BCUT2D eigenvalue weighted by Crippen LogP contribution is -2.48. The monoisotopic (exact) mass is 568 g/mol. The van der Waals surface area contributed by atoms with Crippen LogP contribution in [0.15, 0.2) is 97.1 Å². The zero-order valence-corrected chi connectivity index (χ0v) is 25.2. The van der Waals surface area contributed by atoms with Crippen LogP contribution in [0.4, 0.5) is 0 Å². The van der Waals surface area contributed by atoms with E-state index < -0.39 is 24.1 Å². The van der Waals surface area contributed by atoms with E-state index in [1.165, 1.54) is 16.2 Å². The van der Waals surface area contributed by atoms with E-state index in [9.17, 15) is 9.59 Å². The van der Waals surface area contributed by atoms with Gasteiger partial charge in [0, 0.05) is 5.92 Å². The summed E-state index contributed by atoms with van der Waals surface area (Å²) in [5, 5.41) is 2.47. The van der Waals surface area contributed by atoms with Gasteiger partial charge in [0.2, 0.25) is 0 Å². The Kier molecular flexibility index (Phi) is 8.79. The lowest BCUT2D eigenvalue weighted by atomic mass is 9.70. The maximum Gasteiger partial charge on any atom is 0.338 e. The molecule has 204 valence electrons. The summed E-state index contributed by atoms with van der Waals surface area (Å²) < 4.78 is 12.8. The molecule has 1 aliphatic rings. The molecule has 6 atom stereocenters. The Morgan fingerprint density at radius 2 is 1.12 bits per heavy atom. The van der Waals surface area contributed by atoms with Crippen LogP contribution in [-0.4, -0.2) is 37.5 Å². The molecular weight excluding hydrogens is 534 g/mol. The second kappa shape index (κ2) is 12.5. The molecule has 1 aliphatic carbocycles. The van der Waals surface area contributed by atoms with Crippen molar-refractivity contribution in [2.24, 2.45) is 0 Å². The summed E-state index contributed by atoms with van der Waals surface area (Å²) in [5.74, 6) is -1.30. The molecule has 0 saturated carbocycles. The fourth-order valence-electron chi connectivity index (χ4n) is 5.86. The number of carbonyl (C=O) groups excluding carboxylic acids is 2. The number of esters is 2. The molecule has 6 heteroatoms. The first-order valence-electron chi connectivity index (χ1n) is 13.5. The van der Waals surface area contributed by atoms with E-state index in [2.05, 4.69) is 63.6 Å². The molecule has 4 nitrogen and oxygen atoms in total. The summed E-state index contributed by atoms with van der Waals surface area (Å²) in [6.45, 7) is 8.55. The van der Waals surface area contributed by atoms with E-state index >= 15 is 0 Å². The van der Waals surface area contributed by atoms with Gasteiger partial charge in [0.05, 0.1) is 17.0 Å². The van der Waals surface area contributed by atoms with Gasteiger partial charge >= 0.3 is 11.9 Å². The molecule has 0 radical (unpaired) electrons. The van der Waals surface area contributed by atoms with Crippen molar-refractivity contribution in [1.82, 2.24) is 0 Å². The maximum absolute atomic E-state index is 13.6. The minimum atomic E-state index is -0.713. The lowest BCUT2D eigenvalue weighted by molar-refractivity contribution is -0.0529. The molecule has 40 heavy (non-hydrogen) atoms. The summed E-state index contributed by atoms with van der Waals surface area (Å²) >= 11 is 0. The average Bonchev–Trinajstić information content (AvgIpc) is 2.99. The van der Waals surface area contributed by atoms with Crippen molar-refractivity contribution in [2.45, 2.75) is 37.9 Å². The minimum Gasteiger partial charge on any atom is -0.454 e. The van der Waals surface area contributed by atoms with Crippen LogP contribution in [-0.2, 0) is 9.47 Å². The van der Waals surface area contributed by atoms with Crippen molar-refractivity contribution < 1.29 is 19.1 Å². The van der Waals surface area contributed by atoms with E-state index in [4.69, 9.17) is 9.47 Å². The fraction of sp³-hybridized carbons (Fsp3) is 0.235. The molecule has 0 aliphatic heterocycles. The molecule has 0 aromatic heterocycles. The van der Waals surface area contributed by atoms with E-state index in [-0.39, 0.29) is 11.8 Å². The summed E-state index contributed by atoms with van der Waals surface area (Å²) in [5.41, 5.74) is 5.57. The van der Waals surface area contributed by atoms with E-state index in [1.54, 1.807) is 24.3 Å². The summed E-state index contributed by atoms with van der Waals surface area (Å²) in [6.07, 6.45) is -1.39. The fourth-order valence-corrected chi connectivity index (χ4v) is 7.65. The van der Waals surface area contributed by atoms with E-state index in [0.29, 0.717) is 28.3 Å². The minimum absolute atomic E-state index is 0.173. The van der Waals surface area contributed by atoms with Crippen molar-refractivity contribution in [1.29, 1.82) is 0 Å². The smallest absolute Gasteiger partial charge is 0.338 e. The number of rotatable bonds is 7. The molecule has 5 rings (SSSR count). The zero-order chi connectivity index (χ0) is 28.2. The van der Waals surface area contributed by atoms with Crippen molar-refractivity contribution >= 4 is 39.7 Å². The Labute approximate surface area is 240 Å². The largest absolute Gasteiger partial charge is 0.454 e. The third-order valence-electron chi connectivity index (χ3n) is 7.75. The topological polar surface area (TPSA) is 52.6 Å². The molecule has 0 amide bonds. The van der Waals surface area contributed by atoms with Crippen molar-refractivity contribution in [2.75, 3.05) is 13.3 Å². The second-order valence-corrected chi connectivity index (χ2v) is 12.2. The Morgan fingerprint density at radius 1 is 0.625 bits per heavy atom. The van der Waals surface area contributed by atoms with Crippen LogP contribution in [0.25, 0.3) is 0 Å². The highest BCUT2D eigenvalue weighted by Crippen LogP contribution is 2.47. The van der Waals surface area contributed by atoms with Crippen LogP contribution in [0.2, 0.25) is 0 Å². The van der Waals surface area contributed by atoms with Crippen LogP contribution in [0.3, 0.4) is 0 Å². The molecule has 0 N–H and O–H groups in total. The Hall–Kier alpha value is -3.32. The first-order valence-corrected chi connectivity index (χ1v) is 16.5. The Bertz CT molecular complexity index is 1500. The standard InChI is InChI=1S/C34H34O4P2/c1-21-13-11-19-26(39-3)28(21)30-25-18-12-20-27(40-4)29(25)22(2)31(37-33(35)23-14-7-5-8-15-23)32(30)38-34(36)24-16-9-6-10-17-24/h5-20,22,30-32,39-40H,1-4H3. The highest BCUT2D eigenvalue weighted by Gasteiger charge is 2.48. The zero-order valence-electron chi connectivity index (χ0n) is 23.2. The molecule has 0 bridgehead atoms. The van der Waals surface area contributed by atoms with Crippen molar-refractivity contribution in [3.05, 3.63) is 130 Å². The molecule has 0 fully saturated rings. The molecule has 0 saturated heterocycles. The Morgan fingerprint density at radius 3 is 1.68 bits per heavy atom. The van der Waals surface area contributed by atoms with Crippen LogP contribution in [0.5, 0.6) is 0 Å². The number of ether oxygens (including phenoxy) is 2. The Balaban J connectivity index is 1.71. The second-order valence-electron chi connectivity index (χ2n) is 10.1. The first kappa shape index (κ1) is 28.2. The number of aryl methyl sites for hydroxylation is 1. The molecular formula is C34H34O4P2. The number of fused-ring (bicyclic) bond motifs is 1. The van der Waals surface area contributed by atoms with Gasteiger partial charge in [-0.05, 0) is 77.4 Å². The molecule has 4 aromatic rings. The normalized spacial score (nSPS) is 20.5. The van der Waals surface area contributed by atoms with Gasteiger partial charge in [-0.1, -0.05) is 96.9 Å². The van der Waals surface area contributed by atoms with Crippen molar-refractivity contribution in [3.63, 3.8) is 0 Å². The van der Waals surface area contributed by atoms with Crippen LogP contribution < -0.4 is 10.6 Å². The van der Waals surface area contributed by atoms with Gasteiger partial charge in [0.1, 0.15) is 6.10 Å². The SMILES string of the molecule is CPc1cccc2c1C(C)C(OC(=O)c1ccccc1)C(OC(=O)c1ccccc1)C2c1c(C)cccc1PC. The van der Waals surface area contributed by atoms with E-state index in [0.717, 1.165) is 16.7 Å². The highest BCUT2D eigenvalue weighted by molar-refractivity contribution is 7.46. The predicted molar refractivity (Wildman–Crippen MR) is 167 cm³/mol. The molecule has 6 unspecified atom stereocenters. The van der Waals surface area contributed by atoms with Gasteiger partial charge in [-0.15, -0.1) is 0 Å². The first-order chi connectivity index (χ1) is 19.4. The molecule has 0 heterocycles. The van der Waals surface area contributed by atoms with Crippen LogP contribution >= 0.6 is 17.2 Å². The summed E-state index contributed by atoms with van der Waals surface area (Å²) in [6, 6.07) is 30.8. The number of hydrogen-bond acceptors (Lipinski definition) is 4. The predicted octanol–water partition coefficient (Wildman–Crippen LogP) is 6.56. The lowest BCUT2D eigenvalue weighted by Gasteiger charge is -2.44. The number of carbonyl (C=O) groups is 2. The van der Waals surface area contributed by atoms with Gasteiger partial charge < -0.3 is 9.47 Å². The van der Waals surface area contributed by atoms with Gasteiger partial charge in [-0.25, -0.2) is 9.59 Å². The number of hydrogen-bond donors (Lipinski definition) is 0. The van der Waals surface area contributed by atoms with Gasteiger partial charge in [0.15, 0.2) is 6.10 Å². The maximum atomic E-state index is 13.6. The van der Waals surface area contributed by atoms with Crippen LogP contribution in [0.1, 0.15) is 61.7 Å². The number of benzene rings is 4. The van der Waals surface area contributed by atoms with Crippen LogP contribution in [0, 0.1) is 6.92 Å². The third kappa shape index (κ3) is 5.49. The third-order valence-corrected chi connectivity index (χ3v) is 9.70. The van der Waals surface area contributed by atoms with Gasteiger partial charge in [-0.2, -0.15) is 0 Å². The quantitative estimate of drug-likeness (QED) is 0.187. The molecule has 0 spiro atoms. The van der Waals surface area contributed by atoms with Gasteiger partial charge in [0.25, 0.3) is 0 Å². The average molecular weight is 569 g/mol. The van der Waals surface area contributed by atoms with E-state index in [1.807, 2.05) is 36.4 Å². The van der Waals surface area contributed by atoms with Crippen molar-refractivity contribution in [3.8, 4) is 0 Å². The summed E-state index contributed by atoms with van der Waals surface area (Å²) in [7, 11) is 1.13.